The average Bonchev–Trinajstić information content (AvgIpc) is 3.62. The Morgan fingerprint density at radius 2 is 1.74 bits per heavy atom. The predicted molar refractivity (Wildman–Crippen MR) is 137 cm³/mol. The maximum Gasteiger partial charge on any atom is 0.573 e. The quantitative estimate of drug-likeness (QED) is 0.157. The summed E-state index contributed by atoms with van der Waals surface area (Å²) in [6.45, 7) is 0.212. The van der Waals surface area contributed by atoms with Crippen LogP contribution in [0.1, 0.15) is 61.3 Å². The fourth-order valence-corrected chi connectivity index (χ4v) is 5.96. The van der Waals surface area contributed by atoms with E-state index in [4.69, 9.17) is 20.2 Å². The van der Waals surface area contributed by atoms with Crippen molar-refractivity contribution in [3.05, 3.63) is 65.4 Å². The molecule has 11 heteroatoms. The maximum atomic E-state index is 13.1. The number of rotatable bonds is 8. The van der Waals surface area contributed by atoms with Crippen molar-refractivity contribution in [3.63, 3.8) is 0 Å². The van der Waals surface area contributed by atoms with Gasteiger partial charge in [0.2, 0.25) is 0 Å². The topological polar surface area (TPSA) is 106 Å². The Balaban J connectivity index is 1.18. The summed E-state index contributed by atoms with van der Waals surface area (Å²) in [6, 6.07) is 14.3. The molecule has 3 aromatic rings. The number of benzene rings is 2. The molecule has 0 spiro atoms. The molecule has 3 aliphatic rings. The molecular weight excluding hydrogens is 513 g/mol. The number of halogens is 3. The minimum Gasteiger partial charge on any atom is -0.409 e. The Morgan fingerprint density at radius 1 is 1.05 bits per heavy atom. The summed E-state index contributed by atoms with van der Waals surface area (Å²) in [4.78, 5) is 2.43. The number of oxime groups is 1. The summed E-state index contributed by atoms with van der Waals surface area (Å²) in [7, 11) is 0. The Kier molecular flexibility index (Phi) is 6.62. The number of hydrogen-bond donors (Lipinski definition) is 2. The number of anilines is 1. The second-order valence-corrected chi connectivity index (χ2v) is 10.4. The van der Waals surface area contributed by atoms with Crippen molar-refractivity contribution in [1.82, 2.24) is 5.16 Å². The number of alkyl halides is 3. The third kappa shape index (κ3) is 5.27. The van der Waals surface area contributed by atoms with Gasteiger partial charge in [-0.3, -0.25) is 0 Å². The highest BCUT2D eigenvalue weighted by Crippen LogP contribution is 2.46. The normalized spacial score (nSPS) is 23.3. The summed E-state index contributed by atoms with van der Waals surface area (Å²) < 4.78 is 55.6. The molecule has 3 heterocycles. The molecule has 8 nitrogen and oxygen atoms in total. The van der Waals surface area contributed by atoms with Gasteiger partial charge in [0.25, 0.3) is 0 Å². The van der Waals surface area contributed by atoms with E-state index in [1.807, 2.05) is 24.3 Å². The summed E-state index contributed by atoms with van der Waals surface area (Å²) in [5.41, 5.74) is 8.71. The van der Waals surface area contributed by atoms with Crippen molar-refractivity contribution in [2.75, 3.05) is 4.90 Å². The van der Waals surface area contributed by atoms with E-state index in [-0.39, 0.29) is 35.8 Å². The van der Waals surface area contributed by atoms with Crippen molar-refractivity contribution in [2.45, 2.75) is 75.6 Å². The lowest BCUT2D eigenvalue weighted by molar-refractivity contribution is -0.274. The van der Waals surface area contributed by atoms with Gasteiger partial charge in [0.05, 0.1) is 12.7 Å². The maximum absolute atomic E-state index is 13.1. The Morgan fingerprint density at radius 3 is 2.38 bits per heavy atom. The highest BCUT2D eigenvalue weighted by atomic mass is 19.4. The average molecular weight is 543 g/mol. The SMILES string of the molecule is N/C(=N\O)c1ccc(N2[C@@H]3CC[C@H]2CC(OCc2c(-c4ccccc4OC(F)(F)F)noc2C2CC2)C3)cc1. The molecule has 1 aliphatic carbocycles. The minimum absolute atomic E-state index is 0.00617. The molecule has 0 radical (unpaired) electrons. The number of fused-ring (bicyclic) bond motifs is 2. The Labute approximate surface area is 223 Å². The van der Waals surface area contributed by atoms with Crippen molar-refractivity contribution in [3.8, 4) is 17.0 Å². The first-order valence-electron chi connectivity index (χ1n) is 13.1. The fraction of sp³-hybridized carbons (Fsp3) is 0.429. The lowest BCUT2D eigenvalue weighted by atomic mass is 9.98. The zero-order chi connectivity index (χ0) is 27.1. The van der Waals surface area contributed by atoms with Gasteiger partial charge in [0.15, 0.2) is 5.84 Å². The second-order valence-electron chi connectivity index (χ2n) is 10.4. The zero-order valence-corrected chi connectivity index (χ0v) is 21.1. The fourth-order valence-electron chi connectivity index (χ4n) is 5.96. The van der Waals surface area contributed by atoms with Crippen LogP contribution in [0.25, 0.3) is 11.3 Å². The van der Waals surface area contributed by atoms with Gasteiger partial charge in [-0.15, -0.1) is 13.2 Å². The van der Waals surface area contributed by atoms with E-state index in [9.17, 15) is 13.2 Å². The first-order chi connectivity index (χ1) is 18.8. The van der Waals surface area contributed by atoms with Crippen molar-refractivity contribution in [1.29, 1.82) is 0 Å². The third-order valence-electron chi connectivity index (χ3n) is 7.86. The van der Waals surface area contributed by atoms with Gasteiger partial charge in [-0.05, 0) is 74.9 Å². The van der Waals surface area contributed by atoms with Gasteiger partial charge in [0.1, 0.15) is 17.2 Å². The van der Waals surface area contributed by atoms with Gasteiger partial charge < -0.3 is 29.8 Å². The Bertz CT molecular complexity index is 1340. The van der Waals surface area contributed by atoms with Crippen LogP contribution < -0.4 is 15.4 Å². The summed E-state index contributed by atoms with van der Waals surface area (Å²) in [5, 5.41) is 16.2. The number of amidine groups is 1. The van der Waals surface area contributed by atoms with Crippen molar-refractivity contribution >= 4 is 11.5 Å². The van der Waals surface area contributed by atoms with E-state index in [1.165, 1.54) is 12.1 Å². The third-order valence-corrected chi connectivity index (χ3v) is 7.86. The van der Waals surface area contributed by atoms with Gasteiger partial charge in [-0.1, -0.05) is 22.4 Å². The molecule has 2 bridgehead atoms. The molecule has 3 fully saturated rings. The Hall–Kier alpha value is -3.73. The predicted octanol–water partition coefficient (Wildman–Crippen LogP) is 5.93. The van der Waals surface area contributed by atoms with Crippen LogP contribution in [0.5, 0.6) is 5.75 Å². The lowest BCUT2D eigenvalue weighted by Crippen LogP contribution is -2.45. The summed E-state index contributed by atoms with van der Waals surface area (Å²) in [5.74, 6) is 0.665. The van der Waals surface area contributed by atoms with Crippen LogP contribution in [-0.2, 0) is 11.3 Å². The van der Waals surface area contributed by atoms with E-state index in [1.54, 1.807) is 12.1 Å². The molecule has 3 atom stereocenters. The molecule has 3 N–H and O–H groups in total. The van der Waals surface area contributed by atoms with Crippen LogP contribution in [-0.4, -0.2) is 40.7 Å². The minimum atomic E-state index is -4.82. The molecule has 2 aromatic carbocycles. The molecule has 6 rings (SSSR count). The molecule has 39 heavy (non-hydrogen) atoms. The van der Waals surface area contributed by atoms with E-state index in [0.29, 0.717) is 34.7 Å². The van der Waals surface area contributed by atoms with Crippen LogP contribution >= 0.6 is 0 Å². The number of aromatic nitrogens is 1. The van der Waals surface area contributed by atoms with Gasteiger partial charge >= 0.3 is 6.36 Å². The van der Waals surface area contributed by atoms with Gasteiger partial charge in [-0.25, -0.2) is 0 Å². The van der Waals surface area contributed by atoms with Gasteiger partial charge in [0, 0.05) is 40.4 Å². The van der Waals surface area contributed by atoms with E-state index in [2.05, 4.69) is 19.9 Å². The number of nitrogens with zero attached hydrogens (tertiary/aromatic N) is 3. The number of ether oxygens (including phenoxy) is 2. The molecule has 206 valence electrons. The van der Waals surface area contributed by atoms with Crippen LogP contribution in [0.4, 0.5) is 18.9 Å². The van der Waals surface area contributed by atoms with Crippen LogP contribution in [0.15, 0.2) is 58.2 Å². The standard InChI is InChI=1S/C28H29F3N4O4/c29-28(30,31)38-24-4-2-1-3-22(24)25-23(26(39-34-25)16-5-6-16)15-37-21-13-19-11-12-20(14-21)35(19)18-9-7-17(8-10-18)27(32)33-36/h1-4,7-10,16,19-21,36H,5-6,11-15H2,(H2,32,33)/t19-,20+,21?. The van der Waals surface area contributed by atoms with E-state index >= 15 is 0 Å². The molecule has 1 unspecified atom stereocenters. The van der Waals surface area contributed by atoms with Crippen molar-refractivity contribution in [2.24, 2.45) is 10.9 Å². The molecule has 2 saturated heterocycles. The molecular formula is C28H29F3N4O4. The molecule has 2 aliphatic heterocycles. The van der Waals surface area contributed by atoms with Crippen LogP contribution in [0, 0.1) is 0 Å². The van der Waals surface area contributed by atoms with E-state index < -0.39 is 6.36 Å². The molecule has 1 saturated carbocycles. The number of nitrogens with two attached hydrogens (primary N) is 1. The zero-order valence-electron chi connectivity index (χ0n) is 21.1. The van der Waals surface area contributed by atoms with Crippen LogP contribution in [0.3, 0.4) is 0 Å². The van der Waals surface area contributed by atoms with Crippen molar-refractivity contribution < 1.29 is 32.4 Å². The van der Waals surface area contributed by atoms with Gasteiger partial charge in [-0.2, -0.15) is 0 Å². The molecule has 0 amide bonds. The lowest BCUT2D eigenvalue weighted by Gasteiger charge is -2.40. The highest BCUT2D eigenvalue weighted by Gasteiger charge is 2.42. The number of para-hydroxylation sites is 1. The monoisotopic (exact) mass is 542 g/mol. The number of piperidine rings is 1. The summed E-state index contributed by atoms with van der Waals surface area (Å²) >= 11 is 0. The second kappa shape index (κ2) is 10.1. The highest BCUT2D eigenvalue weighted by molar-refractivity contribution is 5.97. The summed E-state index contributed by atoms with van der Waals surface area (Å²) in [6.07, 6.45) is 0.895. The smallest absolute Gasteiger partial charge is 0.409 e. The number of hydrogen-bond acceptors (Lipinski definition) is 7. The largest absolute Gasteiger partial charge is 0.573 e. The first kappa shape index (κ1) is 25.5. The molecule has 1 aromatic heterocycles. The first-order valence-corrected chi connectivity index (χ1v) is 13.1. The van der Waals surface area contributed by atoms with E-state index in [0.717, 1.165) is 44.2 Å². The van der Waals surface area contributed by atoms with Crippen LogP contribution in [0.2, 0.25) is 0 Å².